The standard InChI is InChI=1S/C26H25N3O5S2/c1-16(2)24(26(32)28-36(33,34)23-15-19-8-7-17(3)14-21(19)35-23)27-25(31)18-9-11-20(12-10-18)29-13-5-4-6-22(29)30/h4-16,24H,1-3H3,(H,27,31)(H,28,32). The van der Waals surface area contributed by atoms with Crippen LogP contribution in [0.2, 0.25) is 0 Å². The van der Waals surface area contributed by atoms with Gasteiger partial charge in [-0.1, -0.05) is 32.0 Å². The van der Waals surface area contributed by atoms with E-state index in [1.807, 2.05) is 25.1 Å². The van der Waals surface area contributed by atoms with Crippen molar-refractivity contribution in [2.45, 2.75) is 31.0 Å². The molecule has 0 radical (unpaired) electrons. The average molecular weight is 524 g/mol. The number of fused-ring (bicyclic) bond motifs is 1. The highest BCUT2D eigenvalue weighted by Gasteiger charge is 2.29. The molecule has 0 aliphatic heterocycles. The number of benzene rings is 2. The lowest BCUT2D eigenvalue weighted by Gasteiger charge is -2.21. The molecule has 1 atom stereocenters. The second kappa shape index (κ2) is 10.1. The molecule has 36 heavy (non-hydrogen) atoms. The minimum absolute atomic E-state index is 0.0250. The van der Waals surface area contributed by atoms with E-state index in [9.17, 15) is 22.8 Å². The molecule has 2 aromatic heterocycles. The Morgan fingerprint density at radius 2 is 1.69 bits per heavy atom. The maximum absolute atomic E-state index is 12.9. The molecule has 2 aromatic carbocycles. The predicted octanol–water partition coefficient (Wildman–Crippen LogP) is 3.62. The first kappa shape index (κ1) is 25.3. The van der Waals surface area contributed by atoms with Gasteiger partial charge in [0.25, 0.3) is 27.4 Å². The van der Waals surface area contributed by atoms with Gasteiger partial charge in [0.1, 0.15) is 10.3 Å². The van der Waals surface area contributed by atoms with Gasteiger partial charge < -0.3 is 5.32 Å². The van der Waals surface area contributed by atoms with Crippen molar-refractivity contribution in [3.05, 3.63) is 94.4 Å². The third kappa shape index (κ3) is 5.39. The number of rotatable bonds is 7. The first-order valence-electron chi connectivity index (χ1n) is 11.2. The molecule has 0 bridgehead atoms. The predicted molar refractivity (Wildman–Crippen MR) is 140 cm³/mol. The molecule has 186 valence electrons. The molecule has 2 amide bonds. The summed E-state index contributed by atoms with van der Waals surface area (Å²) in [5, 5.41) is 3.40. The molecule has 4 aromatic rings. The summed E-state index contributed by atoms with van der Waals surface area (Å²) in [6.07, 6.45) is 1.62. The van der Waals surface area contributed by atoms with Gasteiger partial charge in [0.2, 0.25) is 0 Å². The summed E-state index contributed by atoms with van der Waals surface area (Å²) in [7, 11) is -4.12. The van der Waals surface area contributed by atoms with Gasteiger partial charge in [-0.05, 0) is 66.3 Å². The zero-order valence-electron chi connectivity index (χ0n) is 19.9. The lowest BCUT2D eigenvalue weighted by Crippen LogP contribution is -2.50. The summed E-state index contributed by atoms with van der Waals surface area (Å²) in [5.41, 5.74) is 1.65. The van der Waals surface area contributed by atoms with E-state index in [2.05, 4.69) is 10.0 Å². The number of aromatic nitrogens is 1. The minimum Gasteiger partial charge on any atom is -0.340 e. The Hall–Kier alpha value is -3.76. The molecule has 0 aliphatic carbocycles. The van der Waals surface area contributed by atoms with E-state index >= 15 is 0 Å². The van der Waals surface area contributed by atoms with Crippen LogP contribution in [0.25, 0.3) is 15.8 Å². The Morgan fingerprint density at radius 1 is 0.972 bits per heavy atom. The third-order valence-corrected chi connectivity index (χ3v) is 8.54. The number of carbonyl (C=O) groups is 2. The van der Waals surface area contributed by atoms with Gasteiger partial charge in [-0.25, -0.2) is 13.1 Å². The zero-order valence-corrected chi connectivity index (χ0v) is 21.5. The summed E-state index contributed by atoms with van der Waals surface area (Å²) in [6, 6.07) is 17.2. The monoisotopic (exact) mass is 523 g/mol. The fraction of sp³-hybridized carbons (Fsp3) is 0.192. The first-order valence-corrected chi connectivity index (χ1v) is 13.5. The van der Waals surface area contributed by atoms with Gasteiger partial charge in [-0.15, -0.1) is 11.3 Å². The van der Waals surface area contributed by atoms with Crippen LogP contribution in [0, 0.1) is 12.8 Å². The quantitative estimate of drug-likeness (QED) is 0.384. The number of pyridine rings is 1. The molecule has 1 unspecified atom stereocenters. The highest BCUT2D eigenvalue weighted by atomic mass is 32.2. The Kier molecular flexibility index (Phi) is 7.09. The van der Waals surface area contributed by atoms with Crippen molar-refractivity contribution >= 4 is 43.3 Å². The summed E-state index contributed by atoms with van der Waals surface area (Å²) >= 11 is 1.08. The second-order valence-corrected chi connectivity index (χ2v) is 11.7. The van der Waals surface area contributed by atoms with Crippen molar-refractivity contribution in [1.82, 2.24) is 14.6 Å². The molecule has 2 heterocycles. The summed E-state index contributed by atoms with van der Waals surface area (Å²) in [5.74, 6) is -1.73. The van der Waals surface area contributed by atoms with Crippen LogP contribution in [0.1, 0.15) is 29.8 Å². The van der Waals surface area contributed by atoms with E-state index < -0.39 is 27.9 Å². The molecule has 2 N–H and O–H groups in total. The van der Waals surface area contributed by atoms with Gasteiger partial charge in [0.05, 0.1) is 0 Å². The van der Waals surface area contributed by atoms with Crippen molar-refractivity contribution in [3.63, 3.8) is 0 Å². The van der Waals surface area contributed by atoms with E-state index in [-0.39, 0.29) is 21.2 Å². The molecular weight excluding hydrogens is 498 g/mol. The number of nitrogens with one attached hydrogen (secondary N) is 2. The molecule has 0 fully saturated rings. The van der Waals surface area contributed by atoms with Crippen LogP contribution in [-0.2, 0) is 14.8 Å². The van der Waals surface area contributed by atoms with Crippen molar-refractivity contribution in [1.29, 1.82) is 0 Å². The van der Waals surface area contributed by atoms with E-state index in [1.54, 1.807) is 44.3 Å². The Morgan fingerprint density at radius 3 is 2.36 bits per heavy atom. The summed E-state index contributed by atoms with van der Waals surface area (Å²) < 4.78 is 30.2. The van der Waals surface area contributed by atoms with Gasteiger partial charge in [0.15, 0.2) is 0 Å². The van der Waals surface area contributed by atoms with E-state index in [1.165, 1.54) is 28.8 Å². The smallest absolute Gasteiger partial charge is 0.273 e. The van der Waals surface area contributed by atoms with Gasteiger partial charge in [-0.3, -0.25) is 19.0 Å². The van der Waals surface area contributed by atoms with Crippen LogP contribution >= 0.6 is 11.3 Å². The third-order valence-electron chi connectivity index (χ3n) is 5.62. The van der Waals surface area contributed by atoms with Crippen LogP contribution < -0.4 is 15.6 Å². The molecular formula is C26H25N3O5S2. The number of sulfonamides is 1. The number of amides is 2. The molecule has 0 spiro atoms. The normalized spacial score (nSPS) is 12.4. The Balaban J connectivity index is 1.49. The second-order valence-electron chi connectivity index (χ2n) is 8.73. The van der Waals surface area contributed by atoms with Crippen LogP contribution in [-0.4, -0.2) is 30.8 Å². The summed E-state index contributed by atoms with van der Waals surface area (Å²) in [6.45, 7) is 5.34. The number of thiophene rings is 1. The molecule has 0 saturated carbocycles. The van der Waals surface area contributed by atoms with Gasteiger partial charge in [0, 0.05) is 28.2 Å². The van der Waals surface area contributed by atoms with Crippen LogP contribution in [0.15, 0.2) is 81.9 Å². The van der Waals surface area contributed by atoms with Crippen LogP contribution in [0.5, 0.6) is 0 Å². The number of aryl methyl sites for hydroxylation is 1. The molecule has 8 nitrogen and oxygen atoms in total. The Labute approximate surface area is 212 Å². The number of hydrogen-bond acceptors (Lipinski definition) is 6. The molecule has 10 heteroatoms. The molecule has 0 saturated heterocycles. The first-order chi connectivity index (χ1) is 17.0. The van der Waals surface area contributed by atoms with Gasteiger partial charge >= 0.3 is 0 Å². The molecule has 4 rings (SSSR count). The van der Waals surface area contributed by atoms with Crippen molar-refractivity contribution in [3.8, 4) is 5.69 Å². The maximum atomic E-state index is 12.9. The van der Waals surface area contributed by atoms with Crippen molar-refractivity contribution < 1.29 is 18.0 Å². The summed E-state index contributed by atoms with van der Waals surface area (Å²) in [4.78, 5) is 37.8. The largest absolute Gasteiger partial charge is 0.340 e. The molecule has 0 aliphatic rings. The minimum atomic E-state index is -4.12. The van der Waals surface area contributed by atoms with E-state index in [4.69, 9.17) is 0 Å². The SMILES string of the molecule is Cc1ccc2cc(S(=O)(=O)NC(=O)C(NC(=O)c3ccc(-n4ccccc4=O)cc3)C(C)C)sc2c1. The fourth-order valence-electron chi connectivity index (χ4n) is 3.67. The van der Waals surface area contributed by atoms with E-state index in [0.717, 1.165) is 27.0 Å². The van der Waals surface area contributed by atoms with Crippen molar-refractivity contribution in [2.24, 2.45) is 5.92 Å². The number of carbonyl (C=O) groups excluding carboxylic acids is 2. The highest BCUT2D eigenvalue weighted by molar-refractivity contribution is 7.92. The van der Waals surface area contributed by atoms with Crippen molar-refractivity contribution in [2.75, 3.05) is 0 Å². The zero-order chi connectivity index (χ0) is 26.0. The van der Waals surface area contributed by atoms with Crippen LogP contribution in [0.3, 0.4) is 0 Å². The van der Waals surface area contributed by atoms with Gasteiger partial charge in [-0.2, -0.15) is 0 Å². The average Bonchev–Trinajstić information content (AvgIpc) is 3.26. The number of hydrogen-bond donors (Lipinski definition) is 2. The van der Waals surface area contributed by atoms with E-state index in [0.29, 0.717) is 5.69 Å². The lowest BCUT2D eigenvalue weighted by atomic mass is 10.0. The maximum Gasteiger partial charge on any atom is 0.273 e. The highest BCUT2D eigenvalue weighted by Crippen LogP contribution is 2.29. The fourth-order valence-corrected chi connectivity index (χ4v) is 6.17. The number of nitrogens with zero attached hydrogens (tertiary/aromatic N) is 1. The Bertz CT molecular complexity index is 1600. The van der Waals surface area contributed by atoms with Crippen LogP contribution in [0.4, 0.5) is 0 Å². The topological polar surface area (TPSA) is 114 Å². The lowest BCUT2D eigenvalue weighted by molar-refractivity contribution is -0.122.